The lowest BCUT2D eigenvalue weighted by Gasteiger charge is -2.37. The largest absolute Gasteiger partial charge is 0.481 e. The Morgan fingerprint density at radius 2 is 1.76 bits per heavy atom. The summed E-state index contributed by atoms with van der Waals surface area (Å²) in [6.45, 7) is 2.89. The van der Waals surface area contributed by atoms with Crippen LogP contribution in [0.5, 0.6) is 0 Å². The first-order chi connectivity index (χ1) is 9.99. The molecule has 0 aromatic heterocycles. The summed E-state index contributed by atoms with van der Waals surface area (Å²) in [5.74, 6) is -0.832. The molecule has 0 aromatic rings. The van der Waals surface area contributed by atoms with Gasteiger partial charge in [-0.05, 0) is 37.5 Å². The lowest BCUT2D eigenvalue weighted by Crippen LogP contribution is -2.54. The molecule has 0 saturated heterocycles. The average molecular weight is 296 g/mol. The Kier molecular flexibility index (Phi) is 5.12. The van der Waals surface area contributed by atoms with Gasteiger partial charge in [0.2, 0.25) is 0 Å². The number of amides is 2. The molecule has 120 valence electrons. The van der Waals surface area contributed by atoms with E-state index in [0.29, 0.717) is 5.41 Å². The number of aliphatic carboxylic acids is 1. The molecule has 0 unspecified atom stereocenters. The van der Waals surface area contributed by atoms with Crippen LogP contribution in [0, 0.1) is 5.41 Å². The number of carboxylic acids is 1. The summed E-state index contributed by atoms with van der Waals surface area (Å²) in [6.07, 6.45) is 9.38. The van der Waals surface area contributed by atoms with Crippen molar-refractivity contribution >= 4 is 12.0 Å². The normalized spacial score (nSPS) is 22.3. The number of rotatable bonds is 7. The summed E-state index contributed by atoms with van der Waals surface area (Å²) in [5, 5.41) is 15.1. The summed E-state index contributed by atoms with van der Waals surface area (Å²) >= 11 is 0. The van der Waals surface area contributed by atoms with Gasteiger partial charge in [-0.3, -0.25) is 4.79 Å². The number of hydrogen-bond donors (Lipinski definition) is 3. The Morgan fingerprint density at radius 3 is 2.29 bits per heavy atom. The van der Waals surface area contributed by atoms with Crippen molar-refractivity contribution in [3.63, 3.8) is 0 Å². The van der Waals surface area contributed by atoms with Crippen LogP contribution in [0.15, 0.2) is 0 Å². The van der Waals surface area contributed by atoms with E-state index in [-0.39, 0.29) is 12.5 Å². The minimum absolute atomic E-state index is 0.0283. The van der Waals surface area contributed by atoms with Crippen LogP contribution in [0.2, 0.25) is 0 Å². The molecule has 0 radical (unpaired) electrons. The van der Waals surface area contributed by atoms with Crippen LogP contribution >= 0.6 is 0 Å². The van der Waals surface area contributed by atoms with Crippen molar-refractivity contribution in [1.29, 1.82) is 0 Å². The lowest BCUT2D eigenvalue weighted by atomic mass is 9.79. The third kappa shape index (κ3) is 4.61. The van der Waals surface area contributed by atoms with E-state index in [0.717, 1.165) is 51.5 Å². The van der Waals surface area contributed by atoms with Gasteiger partial charge in [0.05, 0.1) is 12.0 Å². The zero-order valence-electron chi connectivity index (χ0n) is 13.0. The van der Waals surface area contributed by atoms with Gasteiger partial charge in [0.25, 0.3) is 0 Å². The monoisotopic (exact) mass is 296 g/mol. The molecule has 0 bridgehead atoms. The Labute approximate surface area is 126 Å². The highest BCUT2D eigenvalue weighted by Crippen LogP contribution is 2.48. The second-order valence-electron chi connectivity index (χ2n) is 6.97. The van der Waals surface area contributed by atoms with Crippen molar-refractivity contribution in [1.82, 2.24) is 10.6 Å². The van der Waals surface area contributed by atoms with Gasteiger partial charge < -0.3 is 15.7 Å². The van der Waals surface area contributed by atoms with Crippen LogP contribution in [0.25, 0.3) is 0 Å². The lowest BCUT2D eigenvalue weighted by molar-refractivity contribution is -0.139. The van der Waals surface area contributed by atoms with Crippen LogP contribution in [0.1, 0.15) is 71.1 Å². The van der Waals surface area contributed by atoms with Gasteiger partial charge in [-0.1, -0.05) is 32.6 Å². The van der Waals surface area contributed by atoms with E-state index >= 15 is 0 Å². The third-order valence-electron chi connectivity index (χ3n) is 5.04. The molecule has 2 aliphatic carbocycles. The molecule has 3 N–H and O–H groups in total. The fourth-order valence-corrected chi connectivity index (χ4v) is 3.64. The fourth-order valence-electron chi connectivity index (χ4n) is 3.64. The predicted octanol–water partition coefficient (Wildman–Crippen LogP) is 3.04. The number of carboxylic acid groups (broad SMARTS) is 1. The first-order valence-corrected chi connectivity index (χ1v) is 8.27. The van der Waals surface area contributed by atoms with Crippen molar-refractivity contribution in [2.24, 2.45) is 5.41 Å². The maximum absolute atomic E-state index is 12.2. The van der Waals surface area contributed by atoms with E-state index in [1.165, 1.54) is 12.8 Å². The standard InChI is InChI=1S/C16H28N2O3/c1-2-6-15(9-10-15)12-17-14(21)18-16(11-13(19)20)7-4-3-5-8-16/h2-12H2,1H3,(H,19,20)(H2,17,18,21). The van der Waals surface area contributed by atoms with Crippen molar-refractivity contribution in [2.75, 3.05) is 6.54 Å². The van der Waals surface area contributed by atoms with Crippen LogP contribution < -0.4 is 10.6 Å². The summed E-state index contributed by atoms with van der Waals surface area (Å²) in [5.41, 5.74) is -0.228. The molecule has 5 nitrogen and oxygen atoms in total. The van der Waals surface area contributed by atoms with Crippen LogP contribution in [-0.2, 0) is 4.79 Å². The summed E-state index contributed by atoms with van der Waals surface area (Å²) in [4.78, 5) is 23.3. The predicted molar refractivity (Wildman–Crippen MR) is 81.2 cm³/mol. The molecular weight excluding hydrogens is 268 g/mol. The smallest absolute Gasteiger partial charge is 0.315 e. The van der Waals surface area contributed by atoms with Gasteiger partial charge in [-0.25, -0.2) is 4.79 Å². The highest BCUT2D eigenvalue weighted by molar-refractivity contribution is 5.76. The van der Waals surface area contributed by atoms with Gasteiger partial charge >= 0.3 is 12.0 Å². The quantitative estimate of drug-likeness (QED) is 0.675. The second-order valence-corrected chi connectivity index (χ2v) is 6.97. The van der Waals surface area contributed by atoms with Gasteiger partial charge in [0.1, 0.15) is 0 Å². The highest BCUT2D eigenvalue weighted by atomic mass is 16.4. The zero-order chi connectivity index (χ0) is 15.3. The molecule has 0 heterocycles. The molecule has 0 spiro atoms. The van der Waals surface area contributed by atoms with Crippen LogP contribution in [0.4, 0.5) is 4.79 Å². The highest BCUT2D eigenvalue weighted by Gasteiger charge is 2.42. The Hall–Kier alpha value is -1.26. The van der Waals surface area contributed by atoms with Crippen LogP contribution in [-0.4, -0.2) is 29.2 Å². The second kappa shape index (κ2) is 6.67. The van der Waals surface area contributed by atoms with Gasteiger partial charge in [-0.15, -0.1) is 0 Å². The summed E-state index contributed by atoms with van der Waals surface area (Å²) < 4.78 is 0. The van der Waals surface area contributed by atoms with E-state index in [9.17, 15) is 9.59 Å². The minimum Gasteiger partial charge on any atom is -0.481 e. The van der Waals surface area contributed by atoms with E-state index in [2.05, 4.69) is 17.6 Å². The molecule has 2 amide bonds. The SMILES string of the molecule is CCCC1(CNC(=O)NC2(CC(=O)O)CCCCC2)CC1. The molecule has 0 aliphatic heterocycles. The van der Waals surface area contributed by atoms with E-state index < -0.39 is 11.5 Å². The summed E-state index contributed by atoms with van der Waals surface area (Å²) in [7, 11) is 0. The Balaban J connectivity index is 1.84. The Bertz CT molecular complexity index is 385. The zero-order valence-corrected chi connectivity index (χ0v) is 13.0. The number of urea groups is 1. The van der Waals surface area contributed by atoms with Gasteiger partial charge in [-0.2, -0.15) is 0 Å². The van der Waals surface area contributed by atoms with E-state index in [1.54, 1.807) is 0 Å². The third-order valence-corrected chi connectivity index (χ3v) is 5.04. The average Bonchev–Trinajstić information content (AvgIpc) is 3.17. The molecule has 2 saturated carbocycles. The minimum atomic E-state index is -0.832. The van der Waals surface area contributed by atoms with Crippen molar-refractivity contribution in [3.8, 4) is 0 Å². The molecule has 5 heteroatoms. The molecule has 0 aromatic carbocycles. The Morgan fingerprint density at radius 1 is 1.10 bits per heavy atom. The molecule has 21 heavy (non-hydrogen) atoms. The molecule has 2 aliphatic rings. The molecule has 2 rings (SSSR count). The number of nitrogens with one attached hydrogen (secondary N) is 2. The summed E-state index contributed by atoms with van der Waals surface area (Å²) in [6, 6.07) is -0.194. The fraction of sp³-hybridized carbons (Fsp3) is 0.875. The maximum atomic E-state index is 12.2. The van der Waals surface area contributed by atoms with Gasteiger partial charge in [0, 0.05) is 6.54 Å². The van der Waals surface area contributed by atoms with E-state index in [1.807, 2.05) is 0 Å². The van der Waals surface area contributed by atoms with Crippen LogP contribution in [0.3, 0.4) is 0 Å². The van der Waals surface area contributed by atoms with Crippen molar-refractivity contribution in [3.05, 3.63) is 0 Å². The van der Waals surface area contributed by atoms with Crippen molar-refractivity contribution < 1.29 is 14.7 Å². The number of hydrogen-bond acceptors (Lipinski definition) is 2. The molecule has 2 fully saturated rings. The first-order valence-electron chi connectivity index (χ1n) is 8.27. The first kappa shape index (κ1) is 16.1. The van der Waals surface area contributed by atoms with Crippen molar-refractivity contribution in [2.45, 2.75) is 76.7 Å². The van der Waals surface area contributed by atoms with Gasteiger partial charge in [0.15, 0.2) is 0 Å². The topological polar surface area (TPSA) is 78.4 Å². The number of carbonyl (C=O) groups excluding carboxylic acids is 1. The molecule has 0 atom stereocenters. The molecular formula is C16H28N2O3. The maximum Gasteiger partial charge on any atom is 0.315 e. The number of carbonyl (C=O) groups is 2. The van der Waals surface area contributed by atoms with E-state index in [4.69, 9.17) is 5.11 Å².